The molecule has 0 aromatic carbocycles. The lowest BCUT2D eigenvalue weighted by atomic mass is 10.3. The molecular formula is C8H13N3O. The van der Waals surface area contributed by atoms with Gasteiger partial charge in [0.25, 0.3) is 0 Å². The Labute approximate surface area is 71.4 Å². The lowest BCUT2D eigenvalue weighted by Gasteiger charge is -2.28. The summed E-state index contributed by atoms with van der Waals surface area (Å²) in [5.41, 5.74) is 1.01. The first kappa shape index (κ1) is 7.61. The molecule has 12 heavy (non-hydrogen) atoms. The van der Waals surface area contributed by atoms with Crippen LogP contribution in [-0.2, 0) is 6.54 Å². The molecule has 0 amide bonds. The molecule has 0 fully saturated rings. The van der Waals surface area contributed by atoms with E-state index < -0.39 is 0 Å². The molecule has 1 aliphatic rings. The van der Waals surface area contributed by atoms with Crippen molar-refractivity contribution in [3.8, 4) is 0 Å². The van der Waals surface area contributed by atoms with Crippen molar-refractivity contribution in [3.05, 3.63) is 11.9 Å². The topological polar surface area (TPSA) is 41.3 Å². The maximum atomic E-state index is 9.45. The fourth-order valence-corrected chi connectivity index (χ4v) is 1.66. The minimum atomic E-state index is -0.268. The highest BCUT2D eigenvalue weighted by Gasteiger charge is 2.21. The number of rotatable bonds is 0. The molecule has 1 aromatic heterocycles. The van der Waals surface area contributed by atoms with E-state index in [4.69, 9.17) is 0 Å². The number of imidazole rings is 1. The molecule has 0 aliphatic carbocycles. The van der Waals surface area contributed by atoms with Crippen LogP contribution in [0.15, 0.2) is 6.20 Å². The molecule has 1 N–H and O–H groups in total. The third-order valence-corrected chi connectivity index (χ3v) is 2.11. The molecule has 0 saturated carbocycles. The molecule has 1 aromatic rings. The Balaban J connectivity index is 2.40. The normalized spacial score (nSPS) is 22.6. The first-order valence-electron chi connectivity index (χ1n) is 4.10. The van der Waals surface area contributed by atoms with Crippen LogP contribution in [0, 0.1) is 6.92 Å². The van der Waals surface area contributed by atoms with Crippen LogP contribution in [0.2, 0.25) is 0 Å². The third-order valence-electron chi connectivity index (χ3n) is 2.11. The first-order chi connectivity index (χ1) is 5.66. The quantitative estimate of drug-likeness (QED) is 0.591. The highest BCUT2D eigenvalue weighted by atomic mass is 16.3. The summed E-state index contributed by atoms with van der Waals surface area (Å²) in [5, 5.41) is 9.45. The van der Waals surface area contributed by atoms with Crippen LogP contribution in [0.3, 0.4) is 0 Å². The largest absolute Gasteiger partial charge is 0.389 e. The molecule has 2 rings (SSSR count). The van der Waals surface area contributed by atoms with Gasteiger partial charge in [0.1, 0.15) is 0 Å². The minimum Gasteiger partial charge on any atom is -0.389 e. The third kappa shape index (κ3) is 1.08. The molecule has 1 atom stereocenters. The first-order valence-corrected chi connectivity index (χ1v) is 4.10. The smallest absolute Gasteiger partial charge is 0.205 e. The van der Waals surface area contributed by atoms with Gasteiger partial charge in [-0.15, -0.1) is 0 Å². The summed E-state index contributed by atoms with van der Waals surface area (Å²) < 4.78 is 1.99. The maximum Gasteiger partial charge on any atom is 0.205 e. The molecule has 4 nitrogen and oxygen atoms in total. The number of aliphatic hydroxyl groups excluding tert-OH is 1. The molecule has 0 bridgehead atoms. The Kier molecular flexibility index (Phi) is 1.58. The van der Waals surface area contributed by atoms with Gasteiger partial charge in [-0.3, -0.25) is 0 Å². The van der Waals surface area contributed by atoms with Crippen molar-refractivity contribution in [2.24, 2.45) is 0 Å². The molecule has 0 saturated heterocycles. The number of aliphatic hydroxyl groups is 1. The van der Waals surface area contributed by atoms with Gasteiger partial charge in [0.2, 0.25) is 5.95 Å². The highest BCUT2D eigenvalue weighted by Crippen LogP contribution is 2.18. The van der Waals surface area contributed by atoms with Crippen LogP contribution in [0.1, 0.15) is 5.69 Å². The number of hydrogen-bond acceptors (Lipinski definition) is 3. The van der Waals surface area contributed by atoms with Crippen molar-refractivity contribution in [3.63, 3.8) is 0 Å². The minimum absolute atomic E-state index is 0.268. The van der Waals surface area contributed by atoms with E-state index in [-0.39, 0.29) is 6.10 Å². The summed E-state index contributed by atoms with van der Waals surface area (Å²) in [6, 6.07) is 0. The number of hydrogen-bond donors (Lipinski definition) is 1. The predicted octanol–water partition coefficient (Wildman–Crippen LogP) is 0.00222. The number of fused-ring (bicyclic) bond motifs is 1. The summed E-state index contributed by atoms with van der Waals surface area (Å²) in [6.07, 6.45) is 1.70. The number of aryl methyl sites for hydroxylation is 1. The second kappa shape index (κ2) is 2.48. The fourth-order valence-electron chi connectivity index (χ4n) is 1.66. The Morgan fingerprint density at radius 3 is 3.08 bits per heavy atom. The van der Waals surface area contributed by atoms with Gasteiger partial charge in [-0.25, -0.2) is 4.98 Å². The lowest BCUT2D eigenvalue weighted by Crippen LogP contribution is -2.38. The van der Waals surface area contributed by atoms with Crippen molar-refractivity contribution >= 4 is 5.95 Å². The Morgan fingerprint density at radius 1 is 1.58 bits per heavy atom. The highest BCUT2D eigenvalue weighted by molar-refractivity contribution is 5.34. The molecule has 0 spiro atoms. The van der Waals surface area contributed by atoms with Crippen molar-refractivity contribution in [2.75, 3.05) is 18.5 Å². The Morgan fingerprint density at radius 2 is 2.33 bits per heavy atom. The maximum absolute atomic E-state index is 9.45. The van der Waals surface area contributed by atoms with Crippen LogP contribution in [0.25, 0.3) is 0 Å². The van der Waals surface area contributed by atoms with Gasteiger partial charge in [-0.05, 0) is 6.92 Å². The molecule has 1 unspecified atom stereocenters. The molecule has 1 aliphatic heterocycles. The second-order valence-corrected chi connectivity index (χ2v) is 3.37. The molecule has 2 heterocycles. The summed E-state index contributed by atoms with van der Waals surface area (Å²) in [4.78, 5) is 6.32. The van der Waals surface area contributed by atoms with Crippen LogP contribution >= 0.6 is 0 Å². The molecular weight excluding hydrogens is 154 g/mol. The number of likely N-dealkylation sites (N-methyl/N-ethyl adjacent to an activating group) is 1. The van der Waals surface area contributed by atoms with Crippen molar-refractivity contribution < 1.29 is 5.11 Å². The van der Waals surface area contributed by atoms with E-state index in [1.807, 2.05) is 29.6 Å². The number of anilines is 1. The van der Waals surface area contributed by atoms with Crippen molar-refractivity contribution in [2.45, 2.75) is 19.6 Å². The van der Waals surface area contributed by atoms with Gasteiger partial charge in [-0.1, -0.05) is 0 Å². The summed E-state index contributed by atoms with van der Waals surface area (Å²) in [5.74, 6) is 0.956. The molecule has 4 heteroatoms. The Hall–Kier alpha value is -1.03. The standard InChI is InChI=1S/C8H13N3O/c1-6-3-11-5-7(12)4-10(2)8(11)9-6/h3,7,12H,4-5H2,1-2H3. The summed E-state index contributed by atoms with van der Waals surface area (Å²) >= 11 is 0. The zero-order chi connectivity index (χ0) is 8.72. The van der Waals surface area contributed by atoms with Crippen LogP contribution < -0.4 is 4.90 Å². The summed E-state index contributed by atoms with van der Waals surface area (Å²) in [7, 11) is 1.95. The van der Waals surface area contributed by atoms with Crippen LogP contribution in [0.4, 0.5) is 5.95 Å². The van der Waals surface area contributed by atoms with E-state index in [0.717, 1.165) is 11.6 Å². The second-order valence-electron chi connectivity index (χ2n) is 3.37. The molecule has 0 radical (unpaired) electrons. The number of aromatic nitrogens is 2. The van der Waals surface area contributed by atoms with Crippen molar-refractivity contribution in [1.29, 1.82) is 0 Å². The SMILES string of the molecule is Cc1cn2c(n1)N(C)CC(O)C2. The average molecular weight is 167 g/mol. The van der Waals surface area contributed by atoms with Gasteiger partial charge in [0, 0.05) is 19.8 Å². The van der Waals surface area contributed by atoms with E-state index in [1.165, 1.54) is 0 Å². The van der Waals surface area contributed by atoms with Gasteiger partial charge in [0.15, 0.2) is 0 Å². The van der Waals surface area contributed by atoms with E-state index in [9.17, 15) is 5.11 Å². The fraction of sp³-hybridized carbons (Fsp3) is 0.625. The van der Waals surface area contributed by atoms with E-state index in [1.54, 1.807) is 0 Å². The van der Waals surface area contributed by atoms with Crippen molar-refractivity contribution in [1.82, 2.24) is 9.55 Å². The summed E-state index contributed by atoms with van der Waals surface area (Å²) in [6.45, 7) is 3.31. The zero-order valence-corrected chi connectivity index (χ0v) is 7.36. The number of nitrogens with zero attached hydrogens (tertiary/aromatic N) is 3. The van der Waals surface area contributed by atoms with Crippen LogP contribution in [-0.4, -0.2) is 34.4 Å². The Bertz CT molecular complexity index is 294. The predicted molar refractivity (Wildman–Crippen MR) is 46.2 cm³/mol. The van der Waals surface area contributed by atoms with Gasteiger partial charge < -0.3 is 14.6 Å². The van der Waals surface area contributed by atoms with Gasteiger partial charge in [0.05, 0.1) is 18.3 Å². The van der Waals surface area contributed by atoms with Gasteiger partial charge in [-0.2, -0.15) is 0 Å². The van der Waals surface area contributed by atoms with E-state index >= 15 is 0 Å². The average Bonchev–Trinajstić information content (AvgIpc) is 2.29. The van der Waals surface area contributed by atoms with E-state index in [0.29, 0.717) is 13.1 Å². The van der Waals surface area contributed by atoms with Crippen LogP contribution in [0.5, 0.6) is 0 Å². The molecule has 66 valence electrons. The zero-order valence-electron chi connectivity index (χ0n) is 7.36. The van der Waals surface area contributed by atoms with Gasteiger partial charge >= 0.3 is 0 Å². The number of β-amino-alcohol motifs (C(OH)–C–C–N with tert-alkyl or cyclic N) is 1. The monoisotopic (exact) mass is 167 g/mol. The van der Waals surface area contributed by atoms with E-state index in [2.05, 4.69) is 4.98 Å². The lowest BCUT2D eigenvalue weighted by molar-refractivity contribution is 0.151.